The van der Waals surface area contributed by atoms with E-state index < -0.39 is 0 Å². The average Bonchev–Trinajstić information content (AvgIpc) is 3.22. The zero-order chi connectivity index (χ0) is 20.2. The van der Waals surface area contributed by atoms with Crippen LogP contribution in [0.25, 0.3) is 0 Å². The van der Waals surface area contributed by atoms with E-state index in [1.54, 1.807) is 12.4 Å². The molecule has 1 aliphatic heterocycles. The van der Waals surface area contributed by atoms with Crippen molar-refractivity contribution in [3.05, 3.63) is 77.1 Å². The van der Waals surface area contributed by atoms with Gasteiger partial charge in [-0.3, -0.25) is 9.89 Å². The zero-order valence-corrected chi connectivity index (χ0v) is 17.0. The number of likely N-dealkylation sites (tertiary alicyclic amines) is 1. The maximum Gasteiger partial charge on any atom is 0.256 e. The van der Waals surface area contributed by atoms with Crippen LogP contribution in [-0.4, -0.2) is 44.1 Å². The number of amides is 1. The monoisotopic (exact) mass is 389 g/mol. The molecule has 2 aromatic heterocycles. The van der Waals surface area contributed by atoms with Crippen molar-refractivity contribution in [3.8, 4) is 0 Å². The number of nitrogens with zero attached hydrogens (tertiary/aromatic N) is 4. The first-order valence-electron chi connectivity index (χ1n) is 10.3. The highest BCUT2D eigenvalue weighted by Gasteiger charge is 2.27. The summed E-state index contributed by atoms with van der Waals surface area (Å²) in [5.74, 6) is 1.45. The molecule has 1 fully saturated rings. The summed E-state index contributed by atoms with van der Waals surface area (Å²) in [4.78, 5) is 23.4. The average molecular weight is 390 g/mol. The molecule has 1 saturated heterocycles. The van der Waals surface area contributed by atoms with E-state index in [1.807, 2.05) is 31.0 Å². The van der Waals surface area contributed by atoms with Crippen molar-refractivity contribution in [3.63, 3.8) is 0 Å². The molecule has 29 heavy (non-hydrogen) atoms. The molecule has 6 heteroatoms. The normalized spacial score (nSPS) is 15.1. The predicted octanol–water partition coefficient (Wildman–Crippen LogP) is 3.93. The number of rotatable bonds is 5. The van der Waals surface area contributed by atoms with Gasteiger partial charge in [-0.05, 0) is 24.0 Å². The first-order valence-corrected chi connectivity index (χ1v) is 10.3. The zero-order valence-electron chi connectivity index (χ0n) is 17.0. The Kier molecular flexibility index (Phi) is 5.69. The Morgan fingerprint density at radius 2 is 1.79 bits per heavy atom. The molecule has 6 nitrogen and oxygen atoms in total. The van der Waals surface area contributed by atoms with Crippen molar-refractivity contribution in [1.29, 1.82) is 0 Å². The number of aromatic amines is 1. The van der Waals surface area contributed by atoms with Gasteiger partial charge >= 0.3 is 0 Å². The van der Waals surface area contributed by atoms with Crippen LogP contribution in [0.5, 0.6) is 0 Å². The summed E-state index contributed by atoms with van der Waals surface area (Å²) >= 11 is 0. The van der Waals surface area contributed by atoms with Crippen molar-refractivity contribution in [2.45, 2.75) is 44.9 Å². The molecule has 1 amide bonds. The Morgan fingerprint density at radius 1 is 1.10 bits per heavy atom. The Labute approximate surface area is 171 Å². The van der Waals surface area contributed by atoms with E-state index in [9.17, 15) is 4.79 Å². The van der Waals surface area contributed by atoms with Gasteiger partial charge in [0.05, 0.1) is 11.8 Å². The van der Waals surface area contributed by atoms with E-state index in [1.165, 1.54) is 16.8 Å². The minimum absolute atomic E-state index is 0.0212. The molecule has 150 valence electrons. The molecule has 0 bridgehead atoms. The highest BCUT2D eigenvalue weighted by Crippen LogP contribution is 2.30. The third kappa shape index (κ3) is 4.36. The van der Waals surface area contributed by atoms with Gasteiger partial charge in [0.2, 0.25) is 0 Å². The van der Waals surface area contributed by atoms with Gasteiger partial charge in [0.25, 0.3) is 5.91 Å². The van der Waals surface area contributed by atoms with Crippen LogP contribution < -0.4 is 0 Å². The van der Waals surface area contributed by atoms with Crippen LogP contribution in [0, 0.1) is 0 Å². The van der Waals surface area contributed by atoms with Gasteiger partial charge in [0.15, 0.2) is 0 Å². The molecule has 0 aliphatic carbocycles. The lowest BCUT2D eigenvalue weighted by Gasteiger charge is -2.32. The molecule has 1 N–H and O–H groups in total. The molecule has 3 heterocycles. The van der Waals surface area contributed by atoms with Crippen molar-refractivity contribution >= 4 is 5.91 Å². The van der Waals surface area contributed by atoms with Gasteiger partial charge in [-0.1, -0.05) is 44.2 Å². The first-order chi connectivity index (χ1) is 14.1. The SMILES string of the molecule is CC(C)c1ncc(C(=O)N2CCC(c3[nH]ncc3Cc3ccccc3)CC2)cn1. The van der Waals surface area contributed by atoms with E-state index >= 15 is 0 Å². The van der Waals surface area contributed by atoms with Crippen LogP contribution in [0.1, 0.15) is 71.5 Å². The topological polar surface area (TPSA) is 74.8 Å². The maximum absolute atomic E-state index is 12.8. The van der Waals surface area contributed by atoms with E-state index in [-0.39, 0.29) is 11.8 Å². The van der Waals surface area contributed by atoms with Crippen LogP contribution in [0.4, 0.5) is 0 Å². The Morgan fingerprint density at radius 3 is 2.45 bits per heavy atom. The van der Waals surface area contributed by atoms with E-state index in [2.05, 4.69) is 44.4 Å². The number of nitrogens with one attached hydrogen (secondary N) is 1. The lowest BCUT2D eigenvalue weighted by molar-refractivity contribution is 0.0711. The maximum atomic E-state index is 12.8. The number of benzene rings is 1. The number of H-pyrrole nitrogens is 1. The van der Waals surface area contributed by atoms with Crippen LogP contribution in [0.15, 0.2) is 48.9 Å². The Bertz CT molecular complexity index is 941. The minimum atomic E-state index is 0.0212. The molecule has 3 aromatic rings. The summed E-state index contributed by atoms with van der Waals surface area (Å²) in [6, 6.07) is 10.5. The second kappa shape index (κ2) is 8.55. The summed E-state index contributed by atoms with van der Waals surface area (Å²) in [6.07, 6.45) is 7.99. The fourth-order valence-corrected chi connectivity index (χ4v) is 3.93. The second-order valence-corrected chi connectivity index (χ2v) is 8.02. The third-order valence-corrected chi connectivity index (χ3v) is 5.61. The highest BCUT2D eigenvalue weighted by atomic mass is 16.2. The van der Waals surface area contributed by atoms with E-state index in [0.29, 0.717) is 11.5 Å². The molecule has 0 atom stereocenters. The first kappa shape index (κ1) is 19.3. The van der Waals surface area contributed by atoms with Crippen LogP contribution >= 0.6 is 0 Å². The summed E-state index contributed by atoms with van der Waals surface area (Å²) in [7, 11) is 0. The molecular formula is C23H27N5O. The smallest absolute Gasteiger partial charge is 0.256 e. The van der Waals surface area contributed by atoms with Crippen LogP contribution in [0.2, 0.25) is 0 Å². The third-order valence-electron chi connectivity index (χ3n) is 5.61. The minimum Gasteiger partial charge on any atom is -0.339 e. The highest BCUT2D eigenvalue weighted by molar-refractivity contribution is 5.93. The molecule has 0 spiro atoms. The summed E-state index contributed by atoms with van der Waals surface area (Å²) in [5.41, 5.74) is 4.32. The summed E-state index contributed by atoms with van der Waals surface area (Å²) in [5, 5.41) is 7.51. The van der Waals surface area contributed by atoms with Crippen LogP contribution in [0.3, 0.4) is 0 Å². The predicted molar refractivity (Wildman–Crippen MR) is 112 cm³/mol. The van der Waals surface area contributed by atoms with E-state index in [4.69, 9.17) is 0 Å². The number of piperidine rings is 1. The Balaban J connectivity index is 1.38. The lowest BCUT2D eigenvalue weighted by atomic mass is 9.89. The molecule has 4 rings (SSSR count). The van der Waals surface area contributed by atoms with Gasteiger partial charge in [0, 0.05) is 49.4 Å². The Hall–Kier alpha value is -3.02. The molecule has 0 radical (unpaired) electrons. The van der Waals surface area contributed by atoms with E-state index in [0.717, 1.165) is 38.2 Å². The molecule has 1 aromatic carbocycles. The molecule has 1 aliphatic rings. The van der Waals surface area contributed by atoms with Gasteiger partial charge in [-0.25, -0.2) is 9.97 Å². The van der Waals surface area contributed by atoms with Crippen molar-refractivity contribution < 1.29 is 4.79 Å². The number of carbonyl (C=O) groups excluding carboxylic acids is 1. The van der Waals surface area contributed by atoms with Gasteiger partial charge in [0.1, 0.15) is 5.82 Å². The number of hydrogen-bond acceptors (Lipinski definition) is 4. The summed E-state index contributed by atoms with van der Waals surface area (Å²) < 4.78 is 0. The van der Waals surface area contributed by atoms with Crippen molar-refractivity contribution in [2.24, 2.45) is 0 Å². The lowest BCUT2D eigenvalue weighted by Crippen LogP contribution is -2.38. The summed E-state index contributed by atoms with van der Waals surface area (Å²) in [6.45, 7) is 5.56. The van der Waals surface area contributed by atoms with Crippen LogP contribution in [-0.2, 0) is 6.42 Å². The second-order valence-electron chi connectivity index (χ2n) is 8.02. The van der Waals surface area contributed by atoms with Crippen molar-refractivity contribution in [2.75, 3.05) is 13.1 Å². The fraction of sp³-hybridized carbons (Fsp3) is 0.391. The quantitative estimate of drug-likeness (QED) is 0.717. The number of aromatic nitrogens is 4. The standard InChI is InChI=1S/C23H27N5O/c1-16(2)22-24-13-20(14-25-22)23(29)28-10-8-18(9-11-28)21-19(15-26-27-21)12-17-6-4-3-5-7-17/h3-7,13-16,18H,8-12H2,1-2H3,(H,26,27). The molecule has 0 unspecified atom stereocenters. The van der Waals surface area contributed by atoms with Crippen molar-refractivity contribution in [1.82, 2.24) is 25.1 Å². The number of carbonyl (C=O) groups is 1. The molecular weight excluding hydrogens is 362 g/mol. The number of hydrogen-bond donors (Lipinski definition) is 1. The largest absolute Gasteiger partial charge is 0.339 e. The molecule has 0 saturated carbocycles. The van der Waals surface area contributed by atoms with Gasteiger partial charge in [-0.2, -0.15) is 5.10 Å². The fourth-order valence-electron chi connectivity index (χ4n) is 3.93. The van der Waals surface area contributed by atoms with Gasteiger partial charge < -0.3 is 4.90 Å². The van der Waals surface area contributed by atoms with Gasteiger partial charge in [-0.15, -0.1) is 0 Å².